The van der Waals surface area contributed by atoms with Gasteiger partial charge in [-0.15, -0.1) is 0 Å². The molecule has 1 aromatic rings. The number of aliphatic hydroxyl groups excluding tert-OH is 2. The highest BCUT2D eigenvalue weighted by Crippen LogP contribution is 2.64. The number of sulfonamides is 1. The van der Waals surface area contributed by atoms with Crippen LogP contribution in [0.2, 0.25) is 0 Å². The van der Waals surface area contributed by atoms with Crippen LogP contribution in [0.4, 0.5) is 0 Å². The largest absolute Gasteiger partial charge is 0.389 e. The van der Waals surface area contributed by atoms with Crippen LogP contribution >= 0.6 is 0 Å². The van der Waals surface area contributed by atoms with Crippen LogP contribution < -0.4 is 0 Å². The molecule has 0 radical (unpaired) electrons. The standard InChI is InChI=1S/C23H31NO5S/c1-21(2)15-7-8-23(21,18(25)13-15)14-30(28,29)24-11-9-22(10-12-24)17-6-4-3-5-16(17)19(26)20(22)27/h3-6,15,19-20,26-27H,7-14H2,1-2H3/t15?,19?,20?,23-/m1/s1. The second-order valence-corrected chi connectivity index (χ2v) is 12.4. The van der Waals surface area contributed by atoms with Gasteiger partial charge in [0.1, 0.15) is 11.9 Å². The van der Waals surface area contributed by atoms with Crippen LogP contribution in [-0.2, 0) is 20.2 Å². The van der Waals surface area contributed by atoms with E-state index in [0.29, 0.717) is 38.8 Å². The van der Waals surface area contributed by atoms with Gasteiger partial charge in [0.25, 0.3) is 0 Å². The maximum Gasteiger partial charge on any atom is 0.215 e. The Kier molecular flexibility index (Phi) is 4.38. The fraction of sp³-hybridized carbons (Fsp3) is 0.696. The molecule has 3 fully saturated rings. The summed E-state index contributed by atoms with van der Waals surface area (Å²) in [4.78, 5) is 12.8. The van der Waals surface area contributed by atoms with Crippen LogP contribution in [0.15, 0.2) is 24.3 Å². The third kappa shape index (κ3) is 2.46. The number of hydrogen-bond acceptors (Lipinski definition) is 5. The van der Waals surface area contributed by atoms with E-state index in [9.17, 15) is 23.4 Å². The Balaban J connectivity index is 1.38. The van der Waals surface area contributed by atoms with Crippen molar-refractivity contribution >= 4 is 15.8 Å². The second-order valence-electron chi connectivity index (χ2n) is 10.5. The van der Waals surface area contributed by atoms with Gasteiger partial charge < -0.3 is 10.2 Å². The normalized spacial score (nSPS) is 37.1. The van der Waals surface area contributed by atoms with Gasteiger partial charge in [-0.3, -0.25) is 4.79 Å². The zero-order valence-electron chi connectivity index (χ0n) is 17.7. The number of carbonyl (C=O) groups excluding carboxylic acids is 1. The predicted octanol–water partition coefficient (Wildman–Crippen LogP) is 2.15. The molecule has 2 N–H and O–H groups in total. The molecule has 1 aliphatic heterocycles. The molecular formula is C23H31NO5S. The van der Waals surface area contributed by atoms with Crippen molar-refractivity contribution in [2.75, 3.05) is 18.8 Å². The highest BCUT2D eigenvalue weighted by Gasteiger charge is 2.66. The summed E-state index contributed by atoms with van der Waals surface area (Å²) in [5.41, 5.74) is 0.0309. The Labute approximate surface area is 178 Å². The lowest BCUT2D eigenvalue weighted by molar-refractivity contribution is -0.128. The Morgan fingerprint density at radius 1 is 1.10 bits per heavy atom. The predicted molar refractivity (Wildman–Crippen MR) is 112 cm³/mol. The number of hydrogen-bond donors (Lipinski definition) is 2. The topological polar surface area (TPSA) is 94.9 Å². The second kappa shape index (κ2) is 6.37. The third-order valence-corrected chi connectivity index (χ3v) is 11.3. The third-order valence-electron chi connectivity index (χ3n) is 9.26. The number of fused-ring (bicyclic) bond motifs is 4. The van der Waals surface area contributed by atoms with Gasteiger partial charge in [0.15, 0.2) is 0 Å². The lowest BCUT2D eigenvalue weighted by Crippen LogP contribution is -2.52. The maximum atomic E-state index is 13.4. The molecule has 1 spiro atoms. The van der Waals surface area contributed by atoms with Gasteiger partial charge in [0.2, 0.25) is 10.0 Å². The Bertz CT molecular complexity index is 995. The molecule has 1 aromatic carbocycles. The van der Waals surface area contributed by atoms with Crippen molar-refractivity contribution in [1.29, 1.82) is 0 Å². The number of carbonyl (C=O) groups is 1. The molecule has 6 nitrogen and oxygen atoms in total. The Morgan fingerprint density at radius 3 is 2.37 bits per heavy atom. The van der Waals surface area contributed by atoms with Crippen LogP contribution in [0.25, 0.3) is 0 Å². The first-order valence-corrected chi connectivity index (χ1v) is 12.6. The smallest absolute Gasteiger partial charge is 0.215 e. The molecule has 3 aliphatic carbocycles. The van der Waals surface area contributed by atoms with Crippen LogP contribution in [0.1, 0.15) is 63.2 Å². The van der Waals surface area contributed by atoms with Crippen molar-refractivity contribution < 1.29 is 23.4 Å². The first-order chi connectivity index (χ1) is 14.1. The van der Waals surface area contributed by atoms with E-state index in [-0.39, 0.29) is 22.9 Å². The summed E-state index contributed by atoms with van der Waals surface area (Å²) in [6.07, 6.45) is 1.17. The van der Waals surface area contributed by atoms with Crippen molar-refractivity contribution in [2.45, 2.75) is 63.6 Å². The summed E-state index contributed by atoms with van der Waals surface area (Å²) in [6.45, 7) is 4.72. The van der Waals surface area contributed by atoms with Gasteiger partial charge in [-0.1, -0.05) is 38.1 Å². The fourth-order valence-corrected chi connectivity index (χ4v) is 9.30. The van der Waals surface area contributed by atoms with Gasteiger partial charge in [0.05, 0.1) is 11.9 Å². The summed E-state index contributed by atoms with van der Waals surface area (Å²) in [5, 5.41) is 21.4. The van der Waals surface area contributed by atoms with E-state index in [1.807, 2.05) is 24.3 Å². The van der Waals surface area contributed by atoms with Gasteiger partial charge in [0, 0.05) is 30.3 Å². The SMILES string of the molecule is CC1(C)C2CC[C@@]1(CS(=O)(=O)N1CCC3(CC1)c1ccccc1C(O)C3O)C(=O)C2. The van der Waals surface area contributed by atoms with Crippen molar-refractivity contribution in [2.24, 2.45) is 16.7 Å². The van der Waals surface area contributed by atoms with E-state index in [4.69, 9.17) is 0 Å². The number of benzene rings is 1. The summed E-state index contributed by atoms with van der Waals surface area (Å²) >= 11 is 0. The number of rotatable bonds is 3. The van der Waals surface area contributed by atoms with Crippen molar-refractivity contribution in [3.05, 3.63) is 35.4 Å². The molecule has 0 aromatic heterocycles. The monoisotopic (exact) mass is 433 g/mol. The van der Waals surface area contributed by atoms with Gasteiger partial charge in [-0.2, -0.15) is 0 Å². The summed E-state index contributed by atoms with van der Waals surface area (Å²) in [7, 11) is -3.60. The van der Waals surface area contributed by atoms with E-state index < -0.39 is 33.1 Å². The summed E-state index contributed by atoms with van der Waals surface area (Å²) < 4.78 is 28.3. The van der Waals surface area contributed by atoms with E-state index in [1.165, 1.54) is 4.31 Å². The molecule has 30 heavy (non-hydrogen) atoms. The molecule has 1 heterocycles. The molecule has 2 saturated carbocycles. The Hall–Kier alpha value is -1.28. The lowest BCUT2D eigenvalue weighted by Gasteiger charge is -2.43. The van der Waals surface area contributed by atoms with Crippen LogP contribution in [-0.4, -0.2) is 53.7 Å². The summed E-state index contributed by atoms with van der Waals surface area (Å²) in [6, 6.07) is 7.53. The van der Waals surface area contributed by atoms with Gasteiger partial charge in [-0.25, -0.2) is 12.7 Å². The minimum atomic E-state index is -3.60. The zero-order valence-corrected chi connectivity index (χ0v) is 18.5. The van der Waals surface area contributed by atoms with Crippen LogP contribution in [0, 0.1) is 16.7 Å². The fourth-order valence-electron chi connectivity index (χ4n) is 7.08. The lowest BCUT2D eigenvalue weighted by atomic mass is 9.70. The molecule has 3 unspecified atom stereocenters. The van der Waals surface area contributed by atoms with E-state index >= 15 is 0 Å². The number of ketones is 1. The molecule has 0 amide bonds. The number of piperidine rings is 1. The molecule has 4 aliphatic rings. The number of Topliss-reactive ketones (excluding diaryl/α,β-unsaturated/α-hetero) is 1. The van der Waals surface area contributed by atoms with Crippen molar-refractivity contribution in [3.63, 3.8) is 0 Å². The quantitative estimate of drug-likeness (QED) is 0.762. The van der Waals surface area contributed by atoms with Crippen molar-refractivity contribution in [1.82, 2.24) is 4.31 Å². The van der Waals surface area contributed by atoms with E-state index in [0.717, 1.165) is 17.5 Å². The Morgan fingerprint density at radius 2 is 1.77 bits per heavy atom. The molecule has 5 rings (SSSR count). The van der Waals surface area contributed by atoms with Gasteiger partial charge in [-0.05, 0) is 48.1 Å². The molecule has 7 heteroatoms. The number of aliphatic hydroxyl groups is 2. The minimum Gasteiger partial charge on any atom is -0.389 e. The van der Waals surface area contributed by atoms with E-state index in [1.54, 1.807) is 0 Å². The van der Waals surface area contributed by atoms with Crippen molar-refractivity contribution in [3.8, 4) is 0 Å². The average Bonchev–Trinajstić information content (AvgIpc) is 3.15. The maximum absolute atomic E-state index is 13.4. The van der Waals surface area contributed by atoms with E-state index in [2.05, 4.69) is 13.8 Å². The first-order valence-electron chi connectivity index (χ1n) is 11.0. The van der Waals surface area contributed by atoms with Crippen LogP contribution in [0.3, 0.4) is 0 Å². The molecule has 4 atom stereocenters. The molecule has 2 bridgehead atoms. The number of nitrogens with zero attached hydrogens (tertiary/aromatic N) is 1. The molecular weight excluding hydrogens is 402 g/mol. The molecule has 164 valence electrons. The van der Waals surface area contributed by atoms with Crippen LogP contribution in [0.5, 0.6) is 0 Å². The highest BCUT2D eigenvalue weighted by atomic mass is 32.2. The first kappa shape index (κ1) is 20.6. The van der Waals surface area contributed by atoms with Gasteiger partial charge >= 0.3 is 0 Å². The molecule has 1 saturated heterocycles. The average molecular weight is 434 g/mol. The highest BCUT2D eigenvalue weighted by molar-refractivity contribution is 7.89. The zero-order chi connectivity index (χ0) is 21.5. The minimum absolute atomic E-state index is 0.100. The summed E-state index contributed by atoms with van der Waals surface area (Å²) in [5.74, 6) is 0.303.